The Morgan fingerprint density at radius 1 is 1.43 bits per heavy atom. The van der Waals surface area contributed by atoms with E-state index in [4.69, 9.17) is 34.7 Å². The molecule has 0 unspecified atom stereocenters. The molecule has 1 aromatic heterocycles. The van der Waals surface area contributed by atoms with Gasteiger partial charge in [0.05, 0.1) is 16.8 Å². The summed E-state index contributed by atoms with van der Waals surface area (Å²) in [5.74, 6) is -0.141. The molecule has 0 aliphatic rings. The molecule has 0 aliphatic carbocycles. The summed E-state index contributed by atoms with van der Waals surface area (Å²) in [4.78, 5) is 3.82. The lowest BCUT2D eigenvalue weighted by atomic mass is 10.3. The minimum Gasteiger partial charge on any atom is -0.369 e. The molecule has 0 atom stereocenters. The van der Waals surface area contributed by atoms with Gasteiger partial charge >= 0.3 is 0 Å². The molecule has 0 radical (unpaired) electrons. The Labute approximate surface area is 90.4 Å². The van der Waals surface area contributed by atoms with Crippen LogP contribution >= 0.6 is 23.2 Å². The second kappa shape index (κ2) is 4.78. The van der Waals surface area contributed by atoms with E-state index in [-0.39, 0.29) is 11.1 Å². The number of aromatic nitrogens is 1. The molecule has 4 N–H and O–H groups in total. The molecule has 7 heteroatoms. The van der Waals surface area contributed by atoms with Gasteiger partial charge in [0.1, 0.15) is 5.15 Å². The van der Waals surface area contributed by atoms with Gasteiger partial charge in [-0.1, -0.05) is 23.2 Å². The summed E-state index contributed by atoms with van der Waals surface area (Å²) in [6.45, 7) is 0. The minimum atomic E-state index is -0.141. The fraction of sp³-hybridized carbons (Fsp3) is 0. The molecule has 1 aromatic rings. The van der Waals surface area contributed by atoms with Crippen LogP contribution in [-0.2, 0) is 0 Å². The number of hydrogen-bond acceptors (Lipinski definition) is 3. The van der Waals surface area contributed by atoms with Crippen molar-refractivity contribution in [1.82, 2.24) is 4.98 Å². The number of guanidine groups is 1. The van der Waals surface area contributed by atoms with Gasteiger partial charge < -0.3 is 11.5 Å². The summed E-state index contributed by atoms with van der Waals surface area (Å²) in [6, 6.07) is 1.59. The predicted octanol–water partition coefficient (Wildman–Crippen LogP) is 0.996. The van der Waals surface area contributed by atoms with Crippen molar-refractivity contribution in [3.8, 4) is 0 Å². The zero-order valence-electron chi connectivity index (χ0n) is 6.98. The number of pyridine rings is 1. The number of rotatable bonds is 2. The Balaban J connectivity index is 2.97. The smallest absolute Gasteiger partial charge is 0.211 e. The fourth-order valence-corrected chi connectivity index (χ4v) is 1.14. The average Bonchev–Trinajstić information content (AvgIpc) is 2.09. The lowest BCUT2D eigenvalue weighted by molar-refractivity contribution is 1.21. The van der Waals surface area contributed by atoms with E-state index in [1.54, 1.807) is 6.07 Å². The summed E-state index contributed by atoms with van der Waals surface area (Å²) < 4.78 is 0. The van der Waals surface area contributed by atoms with E-state index in [9.17, 15) is 0 Å². The van der Waals surface area contributed by atoms with Gasteiger partial charge in [-0.15, -0.1) is 5.10 Å². The first kappa shape index (κ1) is 10.7. The molecule has 74 valence electrons. The number of halogens is 2. The molecule has 0 aliphatic heterocycles. The summed E-state index contributed by atoms with van der Waals surface area (Å²) in [5, 5.41) is 7.64. The molecule has 1 rings (SSSR count). The summed E-state index contributed by atoms with van der Waals surface area (Å²) in [5.41, 5.74) is 10.6. The van der Waals surface area contributed by atoms with Crippen molar-refractivity contribution >= 4 is 35.4 Å². The molecule has 0 spiro atoms. The first-order chi connectivity index (χ1) is 6.61. The highest BCUT2D eigenvalue weighted by Gasteiger charge is 2.02. The summed E-state index contributed by atoms with van der Waals surface area (Å²) in [7, 11) is 0. The monoisotopic (exact) mass is 231 g/mol. The molecule has 0 saturated heterocycles. The Hall–Kier alpha value is -1.33. The van der Waals surface area contributed by atoms with E-state index >= 15 is 0 Å². The Bertz CT molecular complexity index is 363. The highest BCUT2D eigenvalue weighted by Crippen LogP contribution is 2.19. The second-order valence-electron chi connectivity index (χ2n) is 2.27. The third-order valence-electron chi connectivity index (χ3n) is 1.25. The van der Waals surface area contributed by atoms with Crippen molar-refractivity contribution in [3.63, 3.8) is 0 Å². The van der Waals surface area contributed by atoms with Gasteiger partial charge in [-0.25, -0.2) is 4.98 Å². The lowest BCUT2D eigenvalue weighted by Gasteiger charge is -1.97. The van der Waals surface area contributed by atoms with Gasteiger partial charge in [0.25, 0.3) is 0 Å². The van der Waals surface area contributed by atoms with Crippen LogP contribution in [0, 0.1) is 0 Å². The maximum Gasteiger partial charge on any atom is 0.211 e. The van der Waals surface area contributed by atoms with Gasteiger partial charge in [0, 0.05) is 6.20 Å². The zero-order valence-corrected chi connectivity index (χ0v) is 8.50. The molecule has 14 heavy (non-hydrogen) atoms. The normalized spacial score (nSPS) is 10.4. The Morgan fingerprint density at radius 2 is 2.14 bits per heavy atom. The van der Waals surface area contributed by atoms with Crippen LogP contribution in [0.25, 0.3) is 0 Å². The fourth-order valence-electron chi connectivity index (χ4n) is 0.694. The van der Waals surface area contributed by atoms with Crippen LogP contribution in [0.5, 0.6) is 0 Å². The average molecular weight is 232 g/mol. The SMILES string of the molecule is NC(N)=NN=Cc1c(Cl)ccnc1Cl. The topological polar surface area (TPSA) is 89.7 Å². The van der Waals surface area contributed by atoms with E-state index in [2.05, 4.69) is 15.2 Å². The van der Waals surface area contributed by atoms with Gasteiger partial charge in [-0.2, -0.15) is 5.10 Å². The van der Waals surface area contributed by atoms with Crippen LogP contribution in [-0.4, -0.2) is 17.2 Å². The van der Waals surface area contributed by atoms with Crippen LogP contribution in [0.3, 0.4) is 0 Å². The van der Waals surface area contributed by atoms with Crippen LogP contribution in [0.2, 0.25) is 10.2 Å². The first-order valence-corrected chi connectivity index (χ1v) is 4.29. The molecule has 1 heterocycles. The second-order valence-corrected chi connectivity index (χ2v) is 3.03. The molecule has 0 fully saturated rings. The van der Waals surface area contributed by atoms with Crippen molar-refractivity contribution < 1.29 is 0 Å². The highest BCUT2D eigenvalue weighted by molar-refractivity contribution is 6.37. The predicted molar refractivity (Wildman–Crippen MR) is 57.7 cm³/mol. The van der Waals surface area contributed by atoms with Crippen LogP contribution < -0.4 is 11.5 Å². The van der Waals surface area contributed by atoms with E-state index in [1.165, 1.54) is 12.4 Å². The van der Waals surface area contributed by atoms with Crippen LogP contribution in [0.1, 0.15) is 5.56 Å². The van der Waals surface area contributed by atoms with Gasteiger partial charge in [-0.05, 0) is 6.07 Å². The van der Waals surface area contributed by atoms with Crippen molar-refractivity contribution in [3.05, 3.63) is 28.0 Å². The molecular weight excluding hydrogens is 225 g/mol. The van der Waals surface area contributed by atoms with Crippen molar-refractivity contribution in [2.75, 3.05) is 0 Å². The zero-order chi connectivity index (χ0) is 10.6. The van der Waals surface area contributed by atoms with Crippen molar-refractivity contribution in [2.45, 2.75) is 0 Å². The van der Waals surface area contributed by atoms with Crippen molar-refractivity contribution in [1.29, 1.82) is 0 Å². The number of hydrogen-bond donors (Lipinski definition) is 2. The lowest BCUT2D eigenvalue weighted by Crippen LogP contribution is -2.21. The Morgan fingerprint density at radius 3 is 2.71 bits per heavy atom. The summed E-state index contributed by atoms with van der Waals surface area (Å²) >= 11 is 11.6. The van der Waals surface area contributed by atoms with E-state index in [0.717, 1.165) is 0 Å². The third kappa shape index (κ3) is 2.86. The minimum absolute atomic E-state index is 0.141. The number of nitrogens with two attached hydrogens (primary N) is 2. The third-order valence-corrected chi connectivity index (χ3v) is 1.88. The maximum absolute atomic E-state index is 5.82. The van der Waals surface area contributed by atoms with E-state index in [1.807, 2.05) is 0 Å². The van der Waals surface area contributed by atoms with Gasteiger partial charge in [-0.3, -0.25) is 0 Å². The first-order valence-electron chi connectivity index (χ1n) is 3.53. The molecule has 0 saturated carbocycles. The van der Waals surface area contributed by atoms with Gasteiger partial charge in [0.15, 0.2) is 0 Å². The van der Waals surface area contributed by atoms with E-state index in [0.29, 0.717) is 10.6 Å². The quantitative estimate of drug-likeness (QED) is 0.345. The van der Waals surface area contributed by atoms with Crippen LogP contribution in [0.15, 0.2) is 22.5 Å². The highest BCUT2D eigenvalue weighted by atomic mass is 35.5. The maximum atomic E-state index is 5.82. The largest absolute Gasteiger partial charge is 0.369 e. The Kier molecular flexibility index (Phi) is 3.67. The molecular formula is C7H7Cl2N5. The van der Waals surface area contributed by atoms with Crippen LogP contribution in [0.4, 0.5) is 0 Å². The number of nitrogens with zero attached hydrogens (tertiary/aromatic N) is 3. The van der Waals surface area contributed by atoms with Crippen molar-refractivity contribution in [2.24, 2.45) is 21.7 Å². The van der Waals surface area contributed by atoms with E-state index < -0.39 is 0 Å². The van der Waals surface area contributed by atoms with Gasteiger partial charge in [0.2, 0.25) is 5.96 Å². The molecule has 0 bridgehead atoms. The summed E-state index contributed by atoms with van der Waals surface area (Å²) in [6.07, 6.45) is 2.82. The standard InChI is InChI=1S/C7H7Cl2N5/c8-5-1-2-12-6(9)4(5)3-13-14-7(10)11/h1-3H,(H4,10,11,14). The molecule has 0 amide bonds. The molecule has 5 nitrogen and oxygen atoms in total. The molecule has 0 aromatic carbocycles.